The maximum atomic E-state index is 12.9. The van der Waals surface area contributed by atoms with Gasteiger partial charge in [0, 0.05) is 11.5 Å². The Labute approximate surface area is 208 Å². The molecule has 34 heavy (non-hydrogen) atoms. The topological polar surface area (TPSA) is 79.2 Å². The number of aromatic nitrogens is 2. The molecule has 1 aromatic heterocycles. The van der Waals surface area contributed by atoms with E-state index in [1.807, 2.05) is 42.5 Å². The van der Waals surface area contributed by atoms with E-state index in [0.717, 1.165) is 27.7 Å². The summed E-state index contributed by atoms with van der Waals surface area (Å²) in [5.74, 6) is 0.479. The van der Waals surface area contributed by atoms with Gasteiger partial charge in [0.05, 0.1) is 33.2 Å². The zero-order valence-corrected chi connectivity index (χ0v) is 20.9. The second kappa shape index (κ2) is 9.29. The Morgan fingerprint density at radius 2 is 1.76 bits per heavy atom. The van der Waals surface area contributed by atoms with E-state index in [0.29, 0.717) is 16.5 Å². The summed E-state index contributed by atoms with van der Waals surface area (Å²) in [4.78, 5) is 12.9. The Bertz CT molecular complexity index is 1370. The lowest BCUT2D eigenvalue weighted by molar-refractivity contribution is 0.201. The van der Waals surface area contributed by atoms with Gasteiger partial charge in [0.2, 0.25) is 0 Å². The molecule has 1 atom stereocenters. The molecule has 0 aliphatic rings. The summed E-state index contributed by atoms with van der Waals surface area (Å²) in [6.07, 6.45) is -0.674. The molecule has 4 rings (SSSR count). The van der Waals surface area contributed by atoms with Gasteiger partial charge in [0.15, 0.2) is 0 Å². The fourth-order valence-electron chi connectivity index (χ4n) is 3.70. The summed E-state index contributed by atoms with van der Waals surface area (Å²) in [5.41, 5.74) is 2.45. The second-order valence-corrected chi connectivity index (χ2v) is 9.97. The van der Waals surface area contributed by atoms with Gasteiger partial charge in [-0.3, -0.25) is 5.32 Å². The number of carbonyl (C=O) groups excluding carboxylic acids is 1. The van der Waals surface area contributed by atoms with Gasteiger partial charge in [0.1, 0.15) is 5.82 Å². The van der Waals surface area contributed by atoms with E-state index in [1.165, 1.54) is 0 Å². The normalized spacial score (nSPS) is 12.6. The number of rotatable bonds is 4. The number of hydrogen-bond donors (Lipinski definition) is 3. The minimum Gasteiger partial charge on any atom is -0.389 e. The van der Waals surface area contributed by atoms with Crippen molar-refractivity contribution < 1.29 is 9.90 Å². The molecule has 6 nitrogen and oxygen atoms in total. The molecule has 0 fully saturated rings. The molecule has 176 valence electrons. The van der Waals surface area contributed by atoms with Crippen LogP contribution in [0.1, 0.15) is 45.1 Å². The molecular formula is C26H26Cl2N4O2. The largest absolute Gasteiger partial charge is 0.389 e. The van der Waals surface area contributed by atoms with Crippen LogP contribution in [0.5, 0.6) is 0 Å². The highest BCUT2D eigenvalue weighted by molar-refractivity contribution is 6.44. The Morgan fingerprint density at radius 1 is 1.03 bits per heavy atom. The molecule has 1 unspecified atom stereocenters. The average molecular weight is 497 g/mol. The number of carbonyl (C=O) groups is 1. The number of aliphatic hydroxyl groups excluding tert-OH is 1. The fourth-order valence-corrected chi connectivity index (χ4v) is 4.04. The lowest BCUT2D eigenvalue weighted by Crippen LogP contribution is -2.21. The standard InChI is InChI=1S/C26H26Cl2N4O2/c1-15(33)19-13-17(12-16-8-5-6-9-18(16)19)32-23(14-22(31-32)26(2,3)4)30-25(34)29-21-11-7-10-20(27)24(21)28/h5-15,33H,1-4H3,(H2,29,30,34). The first-order chi connectivity index (χ1) is 16.0. The Kier molecular flexibility index (Phi) is 6.58. The third-order valence-electron chi connectivity index (χ3n) is 5.49. The van der Waals surface area contributed by atoms with Crippen molar-refractivity contribution >= 4 is 51.5 Å². The summed E-state index contributed by atoms with van der Waals surface area (Å²) in [7, 11) is 0. The monoisotopic (exact) mass is 496 g/mol. The molecule has 8 heteroatoms. The number of amides is 2. The van der Waals surface area contributed by atoms with Gasteiger partial charge in [-0.2, -0.15) is 5.10 Å². The number of hydrogen-bond acceptors (Lipinski definition) is 3. The second-order valence-electron chi connectivity index (χ2n) is 9.19. The van der Waals surface area contributed by atoms with E-state index in [-0.39, 0.29) is 10.4 Å². The van der Waals surface area contributed by atoms with Gasteiger partial charge in [-0.15, -0.1) is 0 Å². The van der Waals surface area contributed by atoms with E-state index >= 15 is 0 Å². The molecule has 0 radical (unpaired) electrons. The van der Waals surface area contributed by atoms with Gasteiger partial charge in [0.25, 0.3) is 0 Å². The summed E-state index contributed by atoms with van der Waals surface area (Å²) < 4.78 is 1.68. The lowest BCUT2D eigenvalue weighted by atomic mass is 9.92. The molecule has 0 saturated heterocycles. The molecule has 3 aromatic carbocycles. The smallest absolute Gasteiger partial charge is 0.324 e. The van der Waals surface area contributed by atoms with Crippen molar-refractivity contribution in [3.63, 3.8) is 0 Å². The predicted molar refractivity (Wildman–Crippen MR) is 140 cm³/mol. The van der Waals surface area contributed by atoms with Crippen molar-refractivity contribution in [3.8, 4) is 5.69 Å². The van der Waals surface area contributed by atoms with Gasteiger partial charge in [-0.25, -0.2) is 9.48 Å². The number of urea groups is 1. The minimum absolute atomic E-state index is 0.252. The third kappa shape index (κ3) is 4.89. The van der Waals surface area contributed by atoms with E-state index < -0.39 is 12.1 Å². The maximum Gasteiger partial charge on any atom is 0.324 e. The predicted octanol–water partition coefficient (Wildman–Crippen LogP) is 7.33. The summed E-state index contributed by atoms with van der Waals surface area (Å²) >= 11 is 12.3. The fraction of sp³-hybridized carbons (Fsp3) is 0.231. The molecule has 2 amide bonds. The molecule has 0 aliphatic carbocycles. The van der Waals surface area contributed by atoms with Crippen LogP contribution in [0.4, 0.5) is 16.3 Å². The van der Waals surface area contributed by atoms with Gasteiger partial charge >= 0.3 is 6.03 Å². The first-order valence-electron chi connectivity index (χ1n) is 10.9. The molecule has 0 saturated carbocycles. The number of benzene rings is 3. The number of nitrogens with one attached hydrogen (secondary N) is 2. The first kappa shape index (κ1) is 24.1. The quantitative estimate of drug-likeness (QED) is 0.276. The summed E-state index contributed by atoms with van der Waals surface area (Å²) in [6, 6.07) is 18.1. The molecule has 1 heterocycles. The van der Waals surface area contributed by atoms with Crippen molar-refractivity contribution in [2.45, 2.75) is 39.2 Å². The van der Waals surface area contributed by atoms with Gasteiger partial charge in [-0.1, -0.05) is 74.3 Å². The number of aliphatic hydroxyl groups is 1. The first-order valence-corrected chi connectivity index (χ1v) is 11.6. The van der Waals surface area contributed by atoms with Crippen molar-refractivity contribution in [2.24, 2.45) is 0 Å². The highest BCUT2D eigenvalue weighted by Gasteiger charge is 2.22. The lowest BCUT2D eigenvalue weighted by Gasteiger charge is -2.16. The summed E-state index contributed by atoms with van der Waals surface area (Å²) in [6.45, 7) is 7.89. The van der Waals surface area contributed by atoms with Crippen LogP contribution in [0, 0.1) is 0 Å². The van der Waals surface area contributed by atoms with Crippen LogP contribution in [-0.4, -0.2) is 20.9 Å². The molecule has 0 bridgehead atoms. The number of halogens is 2. The van der Waals surface area contributed by atoms with Crippen molar-refractivity contribution in [1.82, 2.24) is 9.78 Å². The molecule has 0 spiro atoms. The van der Waals surface area contributed by atoms with Crippen LogP contribution < -0.4 is 10.6 Å². The zero-order chi connectivity index (χ0) is 24.6. The van der Waals surface area contributed by atoms with Crippen molar-refractivity contribution in [1.29, 1.82) is 0 Å². The van der Waals surface area contributed by atoms with E-state index in [2.05, 4.69) is 31.4 Å². The van der Waals surface area contributed by atoms with Crippen LogP contribution in [0.25, 0.3) is 16.5 Å². The minimum atomic E-state index is -0.674. The average Bonchev–Trinajstić information content (AvgIpc) is 3.20. The van der Waals surface area contributed by atoms with E-state index in [9.17, 15) is 9.90 Å². The molecule has 3 N–H and O–H groups in total. The zero-order valence-electron chi connectivity index (χ0n) is 19.4. The molecule has 0 aliphatic heterocycles. The van der Waals surface area contributed by atoms with Gasteiger partial charge < -0.3 is 10.4 Å². The van der Waals surface area contributed by atoms with E-state index in [4.69, 9.17) is 28.3 Å². The maximum absolute atomic E-state index is 12.9. The van der Waals surface area contributed by atoms with Crippen molar-refractivity contribution in [3.05, 3.63) is 82.0 Å². The number of anilines is 2. The van der Waals surface area contributed by atoms with E-state index in [1.54, 1.807) is 29.8 Å². The third-order valence-corrected chi connectivity index (χ3v) is 6.31. The number of fused-ring (bicyclic) bond motifs is 1. The van der Waals surface area contributed by atoms with Gasteiger partial charge in [-0.05, 0) is 47.5 Å². The van der Waals surface area contributed by atoms with Crippen LogP contribution in [-0.2, 0) is 5.41 Å². The van der Waals surface area contributed by atoms with Crippen molar-refractivity contribution in [2.75, 3.05) is 10.6 Å². The summed E-state index contributed by atoms with van der Waals surface area (Å²) in [5, 5.41) is 23.4. The van der Waals surface area contributed by atoms with Crippen LogP contribution >= 0.6 is 23.2 Å². The Morgan fingerprint density at radius 3 is 2.47 bits per heavy atom. The highest BCUT2D eigenvalue weighted by atomic mass is 35.5. The highest BCUT2D eigenvalue weighted by Crippen LogP contribution is 2.32. The number of nitrogens with zero attached hydrogens (tertiary/aromatic N) is 2. The van der Waals surface area contributed by atoms with Crippen LogP contribution in [0.3, 0.4) is 0 Å². The van der Waals surface area contributed by atoms with Crippen LogP contribution in [0.2, 0.25) is 10.0 Å². The molecular weight excluding hydrogens is 471 g/mol. The SMILES string of the molecule is CC(O)c1cc(-n2nc(C(C)(C)C)cc2NC(=O)Nc2cccc(Cl)c2Cl)cc2ccccc12. The Balaban J connectivity index is 1.77. The van der Waals surface area contributed by atoms with Crippen LogP contribution in [0.15, 0.2) is 60.7 Å². The Hall–Kier alpha value is -3.06. The molecule has 4 aromatic rings.